The van der Waals surface area contributed by atoms with Crippen LogP contribution < -0.4 is 5.32 Å². The molecular formula is C28H31Cl2N7O3. The average molecular weight is 585 g/mol. The number of carbonyl (C=O) groups is 2. The summed E-state index contributed by atoms with van der Waals surface area (Å²) in [6, 6.07) is 12.2. The summed E-state index contributed by atoms with van der Waals surface area (Å²) >= 11 is 12.6. The first kappa shape index (κ1) is 28.2. The molecule has 0 radical (unpaired) electrons. The van der Waals surface area contributed by atoms with Crippen LogP contribution in [0.2, 0.25) is 10.0 Å². The van der Waals surface area contributed by atoms with Gasteiger partial charge in [0.15, 0.2) is 11.5 Å². The van der Waals surface area contributed by atoms with Gasteiger partial charge in [-0.05, 0) is 61.6 Å². The van der Waals surface area contributed by atoms with Crippen molar-refractivity contribution in [2.24, 2.45) is 4.99 Å². The first-order valence-electron chi connectivity index (χ1n) is 13.4. The molecule has 3 aromatic rings. The van der Waals surface area contributed by atoms with E-state index in [1.165, 1.54) is 0 Å². The number of H-pyrrole nitrogens is 1. The van der Waals surface area contributed by atoms with E-state index in [1.54, 1.807) is 37.4 Å². The van der Waals surface area contributed by atoms with E-state index in [1.807, 2.05) is 17.0 Å². The molecule has 2 unspecified atom stereocenters. The van der Waals surface area contributed by atoms with Crippen molar-refractivity contribution in [1.82, 2.24) is 30.8 Å². The number of hydrogen-bond donors (Lipinski definition) is 2. The van der Waals surface area contributed by atoms with Gasteiger partial charge in [0.25, 0.3) is 11.8 Å². The number of nitrogens with one attached hydrogen (secondary N) is 2. The molecule has 0 bridgehead atoms. The fourth-order valence-electron chi connectivity index (χ4n) is 5.79. The summed E-state index contributed by atoms with van der Waals surface area (Å²) in [5.74, 6) is -0.0437. The molecule has 12 heteroatoms. The summed E-state index contributed by atoms with van der Waals surface area (Å²) in [6.45, 7) is 2.25. The molecule has 210 valence electrons. The number of ether oxygens (including phenoxy) is 1. The van der Waals surface area contributed by atoms with Crippen molar-refractivity contribution in [3.8, 4) is 0 Å². The van der Waals surface area contributed by atoms with Crippen LogP contribution in [0.1, 0.15) is 78.8 Å². The van der Waals surface area contributed by atoms with E-state index in [0.717, 1.165) is 31.2 Å². The Morgan fingerprint density at radius 1 is 1.20 bits per heavy atom. The van der Waals surface area contributed by atoms with Crippen molar-refractivity contribution >= 4 is 40.7 Å². The van der Waals surface area contributed by atoms with Crippen LogP contribution in [-0.4, -0.2) is 61.9 Å². The monoisotopic (exact) mass is 583 g/mol. The van der Waals surface area contributed by atoms with E-state index in [4.69, 9.17) is 32.9 Å². The Hall–Kier alpha value is -3.34. The van der Waals surface area contributed by atoms with Crippen LogP contribution >= 0.6 is 23.2 Å². The summed E-state index contributed by atoms with van der Waals surface area (Å²) < 4.78 is 5.99. The third kappa shape index (κ3) is 5.48. The maximum atomic E-state index is 14.3. The number of aromatic nitrogens is 4. The maximum Gasteiger partial charge on any atom is 0.275 e. The molecule has 1 spiro atoms. The van der Waals surface area contributed by atoms with Crippen LogP contribution in [0.15, 0.2) is 47.5 Å². The number of carbonyl (C=O) groups excluding carboxylic acids is 2. The molecule has 1 aromatic heterocycles. The van der Waals surface area contributed by atoms with Gasteiger partial charge in [0.05, 0.1) is 12.6 Å². The first-order chi connectivity index (χ1) is 19.4. The minimum absolute atomic E-state index is 0.159. The molecule has 1 aliphatic heterocycles. The predicted molar refractivity (Wildman–Crippen MR) is 151 cm³/mol. The van der Waals surface area contributed by atoms with Crippen LogP contribution in [0.25, 0.3) is 0 Å². The fraction of sp³-hybridized carbons (Fsp3) is 0.429. The van der Waals surface area contributed by atoms with E-state index in [9.17, 15) is 9.59 Å². The summed E-state index contributed by atoms with van der Waals surface area (Å²) in [5.41, 5.74) is 1.49. The Bertz CT molecular complexity index is 1380. The second kappa shape index (κ2) is 12.0. The molecule has 1 saturated carbocycles. The minimum Gasteiger partial charge on any atom is -0.377 e. The van der Waals surface area contributed by atoms with Gasteiger partial charge in [0, 0.05) is 28.3 Å². The topological polar surface area (TPSA) is 125 Å². The van der Waals surface area contributed by atoms with Crippen LogP contribution in [-0.2, 0) is 16.1 Å². The molecule has 10 nitrogen and oxygen atoms in total. The summed E-state index contributed by atoms with van der Waals surface area (Å²) in [6.07, 6.45) is 4.71. The van der Waals surface area contributed by atoms with Crippen molar-refractivity contribution in [2.75, 3.05) is 7.11 Å². The number of aromatic amines is 1. The number of tetrazole rings is 1. The van der Waals surface area contributed by atoms with Crippen molar-refractivity contribution < 1.29 is 14.3 Å². The number of methoxy groups -OCH3 is 1. The lowest BCUT2D eigenvalue weighted by molar-refractivity contribution is -0.143. The van der Waals surface area contributed by atoms with Gasteiger partial charge >= 0.3 is 0 Å². The molecule has 0 saturated heterocycles. The van der Waals surface area contributed by atoms with Crippen molar-refractivity contribution in [3.63, 3.8) is 0 Å². The van der Waals surface area contributed by atoms with Gasteiger partial charge in [-0.25, -0.2) is 4.99 Å². The lowest BCUT2D eigenvalue weighted by atomic mass is 9.83. The number of hydrogen-bond acceptors (Lipinski definition) is 7. The highest BCUT2D eigenvalue weighted by Gasteiger charge is 2.55. The normalized spacial score (nSPS) is 21.5. The molecule has 1 fully saturated rings. The smallest absolute Gasteiger partial charge is 0.275 e. The quantitative estimate of drug-likeness (QED) is 0.369. The number of amides is 2. The van der Waals surface area contributed by atoms with Crippen molar-refractivity contribution in [2.45, 2.75) is 69.8 Å². The minimum atomic E-state index is -0.852. The Balaban J connectivity index is 1.49. The van der Waals surface area contributed by atoms with Gasteiger partial charge in [0.2, 0.25) is 0 Å². The average Bonchev–Trinajstić information content (AvgIpc) is 3.57. The summed E-state index contributed by atoms with van der Waals surface area (Å²) in [4.78, 5) is 34.1. The van der Waals surface area contributed by atoms with Gasteiger partial charge in [-0.15, -0.1) is 10.2 Å². The highest BCUT2D eigenvalue weighted by molar-refractivity contribution is 6.48. The Morgan fingerprint density at radius 2 is 1.95 bits per heavy atom. The molecular weight excluding hydrogens is 553 g/mol. The highest BCUT2D eigenvalue weighted by atomic mass is 35.5. The summed E-state index contributed by atoms with van der Waals surface area (Å²) in [5, 5.41) is 17.2. The van der Waals surface area contributed by atoms with Crippen LogP contribution in [0, 0.1) is 0 Å². The molecule has 1 aliphatic carbocycles. The maximum absolute atomic E-state index is 14.3. The van der Waals surface area contributed by atoms with Crippen molar-refractivity contribution in [1.29, 1.82) is 0 Å². The Kier molecular flexibility index (Phi) is 8.48. The van der Waals surface area contributed by atoms with Crippen LogP contribution in [0.4, 0.5) is 0 Å². The second-order valence-corrected chi connectivity index (χ2v) is 11.0. The van der Waals surface area contributed by atoms with E-state index < -0.39 is 5.66 Å². The van der Waals surface area contributed by atoms with Gasteiger partial charge < -0.3 is 15.0 Å². The van der Waals surface area contributed by atoms with E-state index in [-0.39, 0.29) is 30.5 Å². The van der Waals surface area contributed by atoms with E-state index in [0.29, 0.717) is 45.5 Å². The summed E-state index contributed by atoms with van der Waals surface area (Å²) in [7, 11) is 1.68. The fourth-order valence-corrected chi connectivity index (χ4v) is 6.31. The zero-order valence-corrected chi connectivity index (χ0v) is 23.9. The number of aliphatic imine (C=N–C) groups is 1. The second-order valence-electron chi connectivity index (χ2n) is 10.1. The molecule has 2 N–H and O–H groups in total. The predicted octanol–water partition coefficient (Wildman–Crippen LogP) is 4.89. The molecule has 2 amide bonds. The van der Waals surface area contributed by atoms with Gasteiger partial charge in [-0.3, -0.25) is 9.59 Å². The number of halogens is 2. The van der Waals surface area contributed by atoms with Crippen LogP contribution in [0.3, 0.4) is 0 Å². The van der Waals surface area contributed by atoms with Gasteiger partial charge in [-0.1, -0.05) is 60.3 Å². The Labute approximate surface area is 242 Å². The van der Waals surface area contributed by atoms with E-state index in [2.05, 4.69) is 32.9 Å². The molecule has 2 aromatic carbocycles. The standard InChI is InChI=1S/C28H31Cl2N7O3/c1-3-6-22(17-8-10-18(11-9-17)26(38)31-16-24-33-35-36-34-24)37-27(39)25(19-13-20(29)15-21(30)14-19)32-28(37)12-5-4-7-23(28)40-2/h8-11,13-15,22-23H,3-7,12,16H2,1-2H3,(H,31,38)(H,33,34,35,36)/t22-,23?,28?/m1/s1. The number of nitrogens with zero attached hydrogens (tertiary/aromatic N) is 5. The molecule has 40 heavy (non-hydrogen) atoms. The van der Waals surface area contributed by atoms with Gasteiger partial charge in [0.1, 0.15) is 11.8 Å². The molecule has 3 atom stereocenters. The van der Waals surface area contributed by atoms with E-state index >= 15 is 0 Å². The lowest BCUT2D eigenvalue weighted by Gasteiger charge is -2.47. The number of rotatable bonds is 9. The largest absolute Gasteiger partial charge is 0.377 e. The third-order valence-corrected chi connectivity index (χ3v) is 8.01. The molecule has 5 rings (SSSR count). The van der Waals surface area contributed by atoms with Gasteiger partial charge in [-0.2, -0.15) is 5.21 Å². The first-order valence-corrected chi connectivity index (χ1v) is 14.1. The molecule has 2 aliphatic rings. The van der Waals surface area contributed by atoms with Crippen LogP contribution in [0.5, 0.6) is 0 Å². The number of benzene rings is 2. The lowest BCUT2D eigenvalue weighted by Crippen LogP contribution is -2.57. The SMILES string of the molecule is CCC[C@H](c1ccc(C(=O)NCc2nn[nH]n2)cc1)N1C(=O)C(c2cc(Cl)cc(Cl)c2)=NC12CCCCC2OC. The zero-order chi connectivity index (χ0) is 28.3. The van der Waals surface area contributed by atoms with Crippen molar-refractivity contribution in [3.05, 3.63) is 75.0 Å². The third-order valence-electron chi connectivity index (χ3n) is 7.57. The highest BCUT2D eigenvalue weighted by Crippen LogP contribution is 2.46. The molecule has 2 heterocycles. The Morgan fingerprint density at radius 3 is 2.60 bits per heavy atom. The zero-order valence-electron chi connectivity index (χ0n) is 22.4.